The Balaban J connectivity index is 1.40. The molecule has 0 bridgehead atoms. The highest BCUT2D eigenvalue weighted by Gasteiger charge is 2.31. The van der Waals surface area contributed by atoms with E-state index >= 15 is 0 Å². The molecule has 1 atom stereocenters. The van der Waals surface area contributed by atoms with Crippen molar-refractivity contribution in [3.05, 3.63) is 59.7 Å². The smallest absolute Gasteiger partial charge is 0.230 e. The van der Waals surface area contributed by atoms with E-state index in [9.17, 15) is 4.79 Å². The van der Waals surface area contributed by atoms with Crippen LogP contribution in [0.1, 0.15) is 29.9 Å². The number of fused-ring (bicyclic) bond motifs is 1. The number of aryl methyl sites for hydroxylation is 1. The fourth-order valence-electron chi connectivity index (χ4n) is 4.47. The molecule has 5 heteroatoms. The van der Waals surface area contributed by atoms with Crippen molar-refractivity contribution in [2.24, 2.45) is 0 Å². The number of hydrogen-bond donors (Lipinski definition) is 0. The highest BCUT2D eigenvalue weighted by Crippen LogP contribution is 2.34. The number of carbonyl (C=O) groups is 1. The summed E-state index contributed by atoms with van der Waals surface area (Å²) < 4.78 is 11.0. The summed E-state index contributed by atoms with van der Waals surface area (Å²) in [4.78, 5) is 17.6. The fraction of sp³-hybridized carbons (Fsp3) is 0.458. The van der Waals surface area contributed by atoms with Crippen LogP contribution in [-0.2, 0) is 16.0 Å². The first-order valence-electron chi connectivity index (χ1n) is 10.6. The van der Waals surface area contributed by atoms with Gasteiger partial charge < -0.3 is 19.3 Å². The Morgan fingerprint density at radius 1 is 1.00 bits per heavy atom. The van der Waals surface area contributed by atoms with E-state index in [0.29, 0.717) is 19.1 Å². The molecule has 0 radical (unpaired) electrons. The van der Waals surface area contributed by atoms with E-state index in [2.05, 4.69) is 40.1 Å². The van der Waals surface area contributed by atoms with E-state index < -0.39 is 0 Å². The number of para-hydroxylation sites is 2. The molecule has 1 aliphatic heterocycles. The first-order chi connectivity index (χ1) is 14.3. The fourth-order valence-corrected chi connectivity index (χ4v) is 4.47. The van der Waals surface area contributed by atoms with Crippen LogP contribution in [-0.4, -0.2) is 57.3 Å². The molecule has 0 aromatic heterocycles. The molecule has 0 saturated carbocycles. The van der Waals surface area contributed by atoms with Gasteiger partial charge in [0.1, 0.15) is 12.4 Å². The Hall–Kier alpha value is -2.53. The Kier molecular flexibility index (Phi) is 6.35. The molecule has 0 N–H and O–H groups in total. The van der Waals surface area contributed by atoms with E-state index in [-0.39, 0.29) is 5.92 Å². The number of carbonyl (C=O) groups excluding carboxylic acids is 1. The van der Waals surface area contributed by atoms with Gasteiger partial charge in [-0.15, -0.1) is 0 Å². The lowest BCUT2D eigenvalue weighted by Gasteiger charge is -2.39. The largest absolute Gasteiger partial charge is 0.489 e. The van der Waals surface area contributed by atoms with Gasteiger partial charge in [-0.05, 0) is 42.5 Å². The summed E-state index contributed by atoms with van der Waals surface area (Å²) in [6.45, 7) is 4.26. The molecule has 29 heavy (non-hydrogen) atoms. The van der Waals surface area contributed by atoms with Crippen LogP contribution in [0.3, 0.4) is 0 Å². The van der Waals surface area contributed by atoms with Crippen LogP contribution in [0.5, 0.6) is 5.75 Å². The van der Waals surface area contributed by atoms with E-state index in [1.165, 1.54) is 11.1 Å². The summed E-state index contributed by atoms with van der Waals surface area (Å²) >= 11 is 0. The van der Waals surface area contributed by atoms with E-state index in [1.807, 2.05) is 18.2 Å². The summed E-state index contributed by atoms with van der Waals surface area (Å²) in [5, 5.41) is 0. The number of rotatable bonds is 6. The molecule has 1 saturated heterocycles. The Labute approximate surface area is 173 Å². The summed E-state index contributed by atoms with van der Waals surface area (Å²) in [6.07, 6.45) is 3.15. The van der Waals surface area contributed by atoms with Crippen LogP contribution in [0, 0.1) is 0 Å². The van der Waals surface area contributed by atoms with Gasteiger partial charge in [-0.3, -0.25) is 4.79 Å². The first kappa shape index (κ1) is 19.8. The number of piperazine rings is 1. The van der Waals surface area contributed by atoms with Gasteiger partial charge in [0.2, 0.25) is 5.91 Å². The lowest BCUT2D eigenvalue weighted by atomic mass is 9.82. The van der Waals surface area contributed by atoms with Gasteiger partial charge in [0, 0.05) is 33.3 Å². The molecule has 154 valence electrons. The second-order valence-corrected chi connectivity index (χ2v) is 7.76. The second kappa shape index (κ2) is 9.31. The molecule has 0 spiro atoms. The van der Waals surface area contributed by atoms with Crippen molar-refractivity contribution in [2.75, 3.05) is 51.4 Å². The minimum atomic E-state index is 0.0242. The molecule has 2 aromatic rings. The molecule has 1 unspecified atom stereocenters. The molecule has 2 aromatic carbocycles. The zero-order valence-electron chi connectivity index (χ0n) is 17.2. The Morgan fingerprint density at radius 2 is 1.76 bits per heavy atom. The first-order valence-corrected chi connectivity index (χ1v) is 10.6. The number of nitrogens with zero attached hydrogens (tertiary/aromatic N) is 2. The SMILES string of the molecule is COCCOc1ccccc1N1CCN(C(=O)C2CCCc3ccccc32)CC1. The zero-order valence-corrected chi connectivity index (χ0v) is 17.2. The van der Waals surface area contributed by atoms with Crippen molar-refractivity contribution in [1.29, 1.82) is 0 Å². The minimum Gasteiger partial charge on any atom is -0.489 e. The topological polar surface area (TPSA) is 42.0 Å². The van der Waals surface area contributed by atoms with Crippen LogP contribution >= 0.6 is 0 Å². The maximum Gasteiger partial charge on any atom is 0.230 e. The number of methoxy groups -OCH3 is 1. The maximum atomic E-state index is 13.3. The van der Waals surface area contributed by atoms with Gasteiger partial charge in [0.25, 0.3) is 0 Å². The number of ether oxygens (including phenoxy) is 2. The van der Waals surface area contributed by atoms with Crippen molar-refractivity contribution in [1.82, 2.24) is 4.90 Å². The average Bonchev–Trinajstić information content (AvgIpc) is 2.79. The molecular weight excluding hydrogens is 364 g/mol. The van der Waals surface area contributed by atoms with E-state index in [4.69, 9.17) is 9.47 Å². The third-order valence-electron chi connectivity index (χ3n) is 6.01. The third-order valence-corrected chi connectivity index (χ3v) is 6.01. The number of anilines is 1. The Morgan fingerprint density at radius 3 is 2.59 bits per heavy atom. The molecule has 1 fully saturated rings. The summed E-state index contributed by atoms with van der Waals surface area (Å²) in [5.41, 5.74) is 3.68. The summed E-state index contributed by atoms with van der Waals surface area (Å²) in [6, 6.07) is 16.6. The number of amides is 1. The zero-order chi connectivity index (χ0) is 20.1. The molecular formula is C24H30N2O3. The predicted octanol–water partition coefficient (Wildman–Crippen LogP) is 3.48. The minimum absolute atomic E-state index is 0.0242. The van der Waals surface area contributed by atoms with Crippen LogP contribution in [0.25, 0.3) is 0 Å². The normalized spacial score (nSPS) is 19.0. The van der Waals surface area contributed by atoms with Crippen molar-refractivity contribution >= 4 is 11.6 Å². The van der Waals surface area contributed by atoms with Gasteiger partial charge in [-0.25, -0.2) is 0 Å². The van der Waals surface area contributed by atoms with Crippen molar-refractivity contribution in [3.63, 3.8) is 0 Å². The van der Waals surface area contributed by atoms with Gasteiger partial charge in [-0.1, -0.05) is 36.4 Å². The molecule has 1 aliphatic carbocycles. The van der Waals surface area contributed by atoms with Gasteiger partial charge in [0.15, 0.2) is 0 Å². The van der Waals surface area contributed by atoms with E-state index in [1.54, 1.807) is 7.11 Å². The quantitative estimate of drug-likeness (QED) is 0.704. The number of hydrogen-bond acceptors (Lipinski definition) is 4. The van der Waals surface area contributed by atoms with Crippen molar-refractivity contribution in [2.45, 2.75) is 25.2 Å². The van der Waals surface area contributed by atoms with Gasteiger partial charge >= 0.3 is 0 Å². The summed E-state index contributed by atoms with van der Waals surface area (Å²) in [5.74, 6) is 1.20. The highest BCUT2D eigenvalue weighted by atomic mass is 16.5. The van der Waals surface area contributed by atoms with Gasteiger partial charge in [0.05, 0.1) is 18.2 Å². The van der Waals surface area contributed by atoms with Crippen LogP contribution < -0.4 is 9.64 Å². The van der Waals surface area contributed by atoms with Crippen LogP contribution in [0.15, 0.2) is 48.5 Å². The lowest BCUT2D eigenvalue weighted by Crippen LogP contribution is -2.50. The Bertz CT molecular complexity index is 830. The summed E-state index contributed by atoms with van der Waals surface area (Å²) in [7, 11) is 1.68. The monoisotopic (exact) mass is 394 g/mol. The molecule has 2 aliphatic rings. The van der Waals surface area contributed by atoms with Crippen molar-refractivity contribution < 1.29 is 14.3 Å². The maximum absolute atomic E-state index is 13.3. The molecule has 4 rings (SSSR count). The highest BCUT2D eigenvalue weighted by molar-refractivity contribution is 5.84. The lowest BCUT2D eigenvalue weighted by molar-refractivity contribution is -0.133. The predicted molar refractivity (Wildman–Crippen MR) is 115 cm³/mol. The standard InChI is InChI=1S/C24H30N2O3/c1-28-17-18-29-23-12-5-4-11-22(23)25-13-15-26(16-14-25)24(27)21-10-6-8-19-7-2-3-9-20(19)21/h2-5,7,9,11-12,21H,6,8,10,13-18H2,1H3. The molecule has 1 heterocycles. The van der Waals surface area contributed by atoms with Crippen LogP contribution in [0.2, 0.25) is 0 Å². The third kappa shape index (κ3) is 4.40. The van der Waals surface area contributed by atoms with Crippen LogP contribution in [0.4, 0.5) is 5.69 Å². The van der Waals surface area contributed by atoms with Gasteiger partial charge in [-0.2, -0.15) is 0 Å². The van der Waals surface area contributed by atoms with Crippen molar-refractivity contribution in [3.8, 4) is 5.75 Å². The molecule has 1 amide bonds. The average molecular weight is 395 g/mol. The number of benzene rings is 2. The second-order valence-electron chi connectivity index (χ2n) is 7.76. The molecule has 5 nitrogen and oxygen atoms in total. The van der Waals surface area contributed by atoms with E-state index in [0.717, 1.165) is 56.9 Å².